The van der Waals surface area contributed by atoms with Gasteiger partial charge in [0.25, 0.3) is 5.91 Å². The Morgan fingerprint density at radius 1 is 1.38 bits per heavy atom. The third-order valence-electron chi connectivity index (χ3n) is 3.54. The lowest BCUT2D eigenvalue weighted by Gasteiger charge is -2.18. The number of hydrogen-bond acceptors (Lipinski definition) is 5. The summed E-state index contributed by atoms with van der Waals surface area (Å²) in [6.45, 7) is 3.64. The lowest BCUT2D eigenvalue weighted by Crippen LogP contribution is -2.34. The first-order valence-corrected chi connectivity index (χ1v) is 7.74. The Kier molecular flexibility index (Phi) is 5.56. The quantitative estimate of drug-likeness (QED) is 0.772. The van der Waals surface area contributed by atoms with E-state index in [1.807, 2.05) is 12.1 Å². The van der Waals surface area contributed by atoms with Crippen LogP contribution in [-0.4, -0.2) is 52.2 Å². The maximum Gasteiger partial charge on any atom is 0.310 e. The molecule has 0 N–H and O–H groups in total. The molecule has 0 bridgehead atoms. The van der Waals surface area contributed by atoms with Crippen LogP contribution in [0, 0.1) is 12.8 Å². The Balaban J connectivity index is 2.21. The minimum atomic E-state index is -0.435. The van der Waals surface area contributed by atoms with Crippen molar-refractivity contribution in [1.82, 2.24) is 19.7 Å². The van der Waals surface area contributed by atoms with Gasteiger partial charge in [-0.3, -0.25) is 9.59 Å². The van der Waals surface area contributed by atoms with Crippen LogP contribution in [0.5, 0.6) is 0 Å². The zero-order valence-corrected chi connectivity index (χ0v) is 14.7. The Morgan fingerprint density at radius 2 is 2.04 bits per heavy atom. The lowest BCUT2D eigenvalue weighted by atomic mass is 10.2. The van der Waals surface area contributed by atoms with Crippen LogP contribution in [0.3, 0.4) is 0 Å². The molecule has 0 saturated heterocycles. The maximum absolute atomic E-state index is 12.5. The zero-order valence-electron chi connectivity index (χ0n) is 14.0. The van der Waals surface area contributed by atoms with E-state index >= 15 is 0 Å². The fourth-order valence-corrected chi connectivity index (χ4v) is 2.49. The zero-order chi connectivity index (χ0) is 17.9. The van der Waals surface area contributed by atoms with Gasteiger partial charge in [-0.2, -0.15) is 0 Å². The average Bonchev–Trinajstić information content (AvgIpc) is 2.95. The summed E-state index contributed by atoms with van der Waals surface area (Å²) in [7, 11) is 2.91. The number of carbonyl (C=O) groups excluding carboxylic acids is 2. The molecule has 1 aromatic heterocycles. The number of benzene rings is 1. The van der Waals surface area contributed by atoms with E-state index < -0.39 is 5.92 Å². The second-order valence-corrected chi connectivity index (χ2v) is 5.86. The van der Waals surface area contributed by atoms with Gasteiger partial charge < -0.3 is 9.64 Å². The van der Waals surface area contributed by atoms with Gasteiger partial charge in [-0.15, -0.1) is 5.10 Å². The fourth-order valence-electron chi connectivity index (χ4n) is 2.27. The number of halogens is 1. The molecular weight excluding hydrogens is 332 g/mol. The Labute approximate surface area is 145 Å². The van der Waals surface area contributed by atoms with Crippen molar-refractivity contribution >= 4 is 23.5 Å². The van der Waals surface area contributed by atoms with Gasteiger partial charge in [0.15, 0.2) is 0 Å². The van der Waals surface area contributed by atoms with Crippen molar-refractivity contribution in [3.63, 3.8) is 0 Å². The van der Waals surface area contributed by atoms with E-state index in [0.717, 1.165) is 0 Å². The molecule has 8 heteroatoms. The second-order valence-electron chi connectivity index (χ2n) is 5.46. The van der Waals surface area contributed by atoms with Crippen LogP contribution in [0.15, 0.2) is 24.3 Å². The molecule has 0 spiro atoms. The summed E-state index contributed by atoms with van der Waals surface area (Å²) in [5.41, 5.74) is 0.647. The molecule has 1 atom stereocenters. The summed E-state index contributed by atoms with van der Waals surface area (Å²) in [6.07, 6.45) is 0. The highest BCUT2D eigenvalue weighted by molar-refractivity contribution is 6.32. The molecule has 1 aromatic carbocycles. The minimum absolute atomic E-state index is 0.0481. The van der Waals surface area contributed by atoms with E-state index in [0.29, 0.717) is 16.5 Å². The predicted octanol–water partition coefficient (Wildman–Crippen LogP) is 2.11. The highest BCUT2D eigenvalue weighted by Gasteiger charge is 2.23. The third-order valence-corrected chi connectivity index (χ3v) is 3.86. The first-order valence-electron chi connectivity index (χ1n) is 7.37. The first kappa shape index (κ1) is 17.9. The molecule has 2 aromatic rings. The van der Waals surface area contributed by atoms with Gasteiger partial charge in [-0.25, -0.2) is 9.67 Å². The number of nitrogens with zero attached hydrogens (tertiary/aromatic N) is 4. The molecule has 128 valence electrons. The number of carbonyl (C=O) groups is 2. The third kappa shape index (κ3) is 3.73. The maximum atomic E-state index is 12.5. The number of hydrogen-bond donors (Lipinski definition) is 0. The van der Waals surface area contributed by atoms with Crippen LogP contribution in [0.25, 0.3) is 5.69 Å². The molecule has 0 fully saturated rings. The summed E-state index contributed by atoms with van der Waals surface area (Å²) in [4.78, 5) is 29.6. The van der Waals surface area contributed by atoms with Crippen molar-refractivity contribution in [3.8, 4) is 5.69 Å². The molecule has 0 saturated carbocycles. The highest BCUT2D eigenvalue weighted by Crippen LogP contribution is 2.20. The molecule has 0 radical (unpaired) electrons. The number of rotatable bonds is 5. The molecule has 24 heavy (non-hydrogen) atoms. The molecule has 2 rings (SSSR count). The van der Waals surface area contributed by atoms with Crippen LogP contribution < -0.4 is 0 Å². The summed E-state index contributed by atoms with van der Waals surface area (Å²) in [5.74, 6) is -0.594. The molecular formula is C16H19ClN4O3. The van der Waals surface area contributed by atoms with Gasteiger partial charge >= 0.3 is 5.97 Å². The smallest absolute Gasteiger partial charge is 0.310 e. The lowest BCUT2D eigenvalue weighted by molar-refractivity contribution is -0.145. The molecule has 7 nitrogen and oxygen atoms in total. The van der Waals surface area contributed by atoms with E-state index in [2.05, 4.69) is 14.8 Å². The number of methoxy groups -OCH3 is 1. The first-order chi connectivity index (χ1) is 11.3. The fraction of sp³-hybridized carbons (Fsp3) is 0.375. The SMILES string of the molecule is COC(=O)C(C)CN(C)C(=O)c1nc(C)n(-c2ccccc2Cl)n1. The van der Waals surface area contributed by atoms with Crippen molar-refractivity contribution in [3.05, 3.63) is 40.9 Å². The van der Waals surface area contributed by atoms with Crippen LogP contribution >= 0.6 is 11.6 Å². The van der Waals surface area contributed by atoms with E-state index in [4.69, 9.17) is 11.6 Å². The standard InChI is InChI=1S/C16H19ClN4O3/c1-10(16(23)24-4)9-20(3)15(22)14-18-11(2)21(19-14)13-8-6-5-7-12(13)17/h5-8,10H,9H2,1-4H3. The van der Waals surface area contributed by atoms with Gasteiger partial charge in [0.05, 0.1) is 23.7 Å². The van der Waals surface area contributed by atoms with Gasteiger partial charge in [0.1, 0.15) is 5.82 Å². The number of aromatic nitrogens is 3. The Morgan fingerprint density at radius 3 is 2.67 bits per heavy atom. The van der Waals surface area contributed by atoms with Crippen molar-refractivity contribution < 1.29 is 14.3 Å². The Bertz CT molecular complexity index is 760. The van der Waals surface area contributed by atoms with Gasteiger partial charge in [0, 0.05) is 13.6 Å². The van der Waals surface area contributed by atoms with Crippen LogP contribution in [0.4, 0.5) is 0 Å². The number of ether oxygens (including phenoxy) is 1. The Hall–Kier alpha value is -2.41. The van der Waals surface area contributed by atoms with E-state index in [1.165, 1.54) is 16.7 Å². The predicted molar refractivity (Wildman–Crippen MR) is 89.2 cm³/mol. The topological polar surface area (TPSA) is 77.3 Å². The largest absolute Gasteiger partial charge is 0.469 e. The summed E-state index contributed by atoms with van der Waals surface area (Å²) in [6, 6.07) is 7.17. The van der Waals surface area contributed by atoms with Gasteiger partial charge in [-0.1, -0.05) is 30.7 Å². The molecule has 1 unspecified atom stereocenters. The number of esters is 1. The van der Waals surface area contributed by atoms with Gasteiger partial charge in [-0.05, 0) is 19.1 Å². The number of amides is 1. The van der Waals surface area contributed by atoms with Crippen molar-refractivity contribution in [2.45, 2.75) is 13.8 Å². The summed E-state index contributed by atoms with van der Waals surface area (Å²) < 4.78 is 6.19. The molecule has 1 amide bonds. The number of para-hydroxylation sites is 1. The normalized spacial score (nSPS) is 11.9. The molecule has 0 aliphatic heterocycles. The highest BCUT2D eigenvalue weighted by atomic mass is 35.5. The van der Waals surface area contributed by atoms with E-state index in [-0.39, 0.29) is 24.2 Å². The molecule has 1 heterocycles. The minimum Gasteiger partial charge on any atom is -0.469 e. The van der Waals surface area contributed by atoms with Crippen LogP contribution in [-0.2, 0) is 9.53 Å². The van der Waals surface area contributed by atoms with E-state index in [9.17, 15) is 9.59 Å². The van der Waals surface area contributed by atoms with Crippen LogP contribution in [0.2, 0.25) is 5.02 Å². The number of aryl methyl sites for hydroxylation is 1. The average molecular weight is 351 g/mol. The van der Waals surface area contributed by atoms with E-state index in [1.54, 1.807) is 33.0 Å². The molecule has 0 aliphatic rings. The molecule has 0 aliphatic carbocycles. The summed E-state index contributed by atoms with van der Waals surface area (Å²) >= 11 is 6.17. The van der Waals surface area contributed by atoms with Crippen molar-refractivity contribution in [2.24, 2.45) is 5.92 Å². The van der Waals surface area contributed by atoms with Crippen LogP contribution in [0.1, 0.15) is 23.4 Å². The monoisotopic (exact) mass is 350 g/mol. The van der Waals surface area contributed by atoms with Crippen molar-refractivity contribution in [1.29, 1.82) is 0 Å². The summed E-state index contributed by atoms with van der Waals surface area (Å²) in [5, 5.41) is 4.76. The van der Waals surface area contributed by atoms with Gasteiger partial charge in [0.2, 0.25) is 5.82 Å². The second kappa shape index (κ2) is 7.44. The van der Waals surface area contributed by atoms with Crippen molar-refractivity contribution in [2.75, 3.05) is 20.7 Å².